The molecule has 0 radical (unpaired) electrons. The number of aromatic nitrogens is 3. The molecule has 0 N–H and O–H groups in total. The zero-order valence-corrected chi connectivity index (χ0v) is 18.7. The Labute approximate surface area is 185 Å². The predicted molar refractivity (Wildman–Crippen MR) is 121 cm³/mol. The Morgan fingerprint density at radius 1 is 1.23 bits per heavy atom. The van der Waals surface area contributed by atoms with Crippen molar-refractivity contribution in [2.75, 3.05) is 25.4 Å². The minimum Gasteiger partial charge on any atom is -0.493 e. The van der Waals surface area contributed by atoms with E-state index < -0.39 is 0 Å². The number of likely N-dealkylation sites (tertiary alicyclic amines) is 1. The Hall–Kier alpha value is -2.32. The van der Waals surface area contributed by atoms with E-state index in [0.29, 0.717) is 18.3 Å². The number of hydrogen-bond donors (Lipinski definition) is 0. The van der Waals surface area contributed by atoms with E-state index in [0.717, 1.165) is 54.1 Å². The summed E-state index contributed by atoms with van der Waals surface area (Å²) in [5.41, 5.74) is 0. The van der Waals surface area contributed by atoms with E-state index in [1.54, 1.807) is 11.3 Å². The number of hydrogen-bond acceptors (Lipinski definition) is 6. The van der Waals surface area contributed by atoms with Crippen LogP contribution in [-0.2, 0) is 11.3 Å². The lowest BCUT2D eigenvalue weighted by Crippen LogP contribution is -2.42. The monoisotopic (exact) mass is 442 g/mol. The first-order valence-corrected chi connectivity index (χ1v) is 12.2. The molecule has 0 spiro atoms. The number of rotatable bonds is 8. The van der Waals surface area contributed by atoms with Gasteiger partial charge in [-0.1, -0.05) is 36.0 Å². The highest BCUT2D eigenvalue weighted by atomic mass is 32.2. The van der Waals surface area contributed by atoms with Crippen LogP contribution in [-0.4, -0.2) is 51.0 Å². The fraction of sp³-hybridized carbons (Fsp3) is 0.409. The van der Waals surface area contributed by atoms with Crippen molar-refractivity contribution in [3.8, 4) is 16.5 Å². The van der Waals surface area contributed by atoms with Crippen LogP contribution >= 0.6 is 23.1 Å². The van der Waals surface area contributed by atoms with Gasteiger partial charge in [0, 0.05) is 25.6 Å². The molecule has 1 saturated heterocycles. The second kappa shape index (κ2) is 10.1. The second-order valence-electron chi connectivity index (χ2n) is 7.29. The average molecular weight is 443 g/mol. The van der Waals surface area contributed by atoms with Crippen molar-refractivity contribution in [2.24, 2.45) is 5.92 Å². The number of amides is 1. The van der Waals surface area contributed by atoms with Gasteiger partial charge in [-0.3, -0.25) is 4.79 Å². The van der Waals surface area contributed by atoms with Crippen molar-refractivity contribution in [1.82, 2.24) is 19.7 Å². The molecule has 3 aromatic rings. The van der Waals surface area contributed by atoms with Crippen LogP contribution in [0.5, 0.6) is 5.75 Å². The van der Waals surface area contributed by atoms with Crippen molar-refractivity contribution in [3.63, 3.8) is 0 Å². The fourth-order valence-corrected chi connectivity index (χ4v) is 5.27. The zero-order valence-electron chi connectivity index (χ0n) is 17.1. The molecule has 158 valence electrons. The number of carbonyl (C=O) groups excluding carboxylic acids is 1. The van der Waals surface area contributed by atoms with E-state index in [2.05, 4.69) is 21.7 Å². The van der Waals surface area contributed by atoms with Crippen LogP contribution in [0.15, 0.2) is 53.0 Å². The van der Waals surface area contributed by atoms with E-state index >= 15 is 0 Å². The van der Waals surface area contributed by atoms with Crippen molar-refractivity contribution in [3.05, 3.63) is 47.8 Å². The number of nitrogens with zero attached hydrogens (tertiary/aromatic N) is 4. The lowest BCUT2D eigenvalue weighted by molar-refractivity contribution is -0.130. The van der Waals surface area contributed by atoms with Gasteiger partial charge in [-0.05, 0) is 43.3 Å². The maximum atomic E-state index is 12.8. The molecule has 0 aliphatic carbocycles. The SMILES string of the molecule is CCn1c(SCC(=O)N2CCCC(COc3ccccc3)C2)nnc1-c1cccs1. The van der Waals surface area contributed by atoms with E-state index in [9.17, 15) is 4.79 Å². The van der Waals surface area contributed by atoms with E-state index in [-0.39, 0.29) is 5.91 Å². The molecule has 1 unspecified atom stereocenters. The highest BCUT2D eigenvalue weighted by Gasteiger charge is 2.25. The molecule has 1 aromatic carbocycles. The van der Waals surface area contributed by atoms with Crippen LogP contribution in [0.3, 0.4) is 0 Å². The maximum absolute atomic E-state index is 12.8. The Morgan fingerprint density at radius 2 is 2.10 bits per heavy atom. The summed E-state index contributed by atoms with van der Waals surface area (Å²) in [5, 5.41) is 11.5. The summed E-state index contributed by atoms with van der Waals surface area (Å²) in [5.74, 6) is 2.68. The van der Waals surface area contributed by atoms with Crippen LogP contribution in [0.2, 0.25) is 0 Å². The molecule has 1 aliphatic heterocycles. The molecule has 6 nitrogen and oxygen atoms in total. The number of para-hydroxylation sites is 1. The molecule has 2 aromatic heterocycles. The van der Waals surface area contributed by atoms with Crippen LogP contribution in [0.4, 0.5) is 0 Å². The Morgan fingerprint density at radius 3 is 2.87 bits per heavy atom. The highest BCUT2D eigenvalue weighted by Crippen LogP contribution is 2.27. The van der Waals surface area contributed by atoms with Gasteiger partial charge in [0.25, 0.3) is 0 Å². The number of carbonyl (C=O) groups is 1. The molecular weight excluding hydrogens is 416 g/mol. The van der Waals surface area contributed by atoms with Crippen LogP contribution in [0.25, 0.3) is 10.7 Å². The topological polar surface area (TPSA) is 60.2 Å². The van der Waals surface area contributed by atoms with Crippen LogP contribution in [0, 0.1) is 5.92 Å². The van der Waals surface area contributed by atoms with Gasteiger partial charge in [0.15, 0.2) is 11.0 Å². The molecule has 1 aliphatic rings. The molecular formula is C22H26N4O2S2. The second-order valence-corrected chi connectivity index (χ2v) is 9.18. The molecule has 0 saturated carbocycles. The predicted octanol–water partition coefficient (Wildman–Crippen LogP) is 4.44. The molecule has 4 rings (SSSR count). The van der Waals surface area contributed by atoms with Gasteiger partial charge in [-0.15, -0.1) is 21.5 Å². The van der Waals surface area contributed by atoms with Gasteiger partial charge in [0.1, 0.15) is 5.75 Å². The van der Waals surface area contributed by atoms with Crippen LogP contribution in [0.1, 0.15) is 19.8 Å². The Kier molecular flexibility index (Phi) is 7.07. The van der Waals surface area contributed by atoms with E-state index in [1.165, 1.54) is 11.8 Å². The normalized spacial score (nSPS) is 16.6. The minimum atomic E-state index is 0.160. The third-order valence-electron chi connectivity index (χ3n) is 5.20. The standard InChI is InChI=1S/C22H26N4O2S2/c1-2-26-21(19-11-7-13-29-19)23-24-22(26)30-16-20(27)25-12-6-8-17(14-25)15-28-18-9-4-3-5-10-18/h3-5,7,9-11,13,17H,2,6,8,12,14-16H2,1H3. The van der Waals surface area contributed by atoms with E-state index in [4.69, 9.17) is 4.74 Å². The van der Waals surface area contributed by atoms with Gasteiger partial charge in [0.05, 0.1) is 17.2 Å². The smallest absolute Gasteiger partial charge is 0.233 e. The molecule has 1 fully saturated rings. The van der Waals surface area contributed by atoms with Crippen molar-refractivity contribution < 1.29 is 9.53 Å². The lowest BCUT2D eigenvalue weighted by Gasteiger charge is -2.32. The average Bonchev–Trinajstić information content (AvgIpc) is 3.46. The highest BCUT2D eigenvalue weighted by molar-refractivity contribution is 7.99. The first-order valence-electron chi connectivity index (χ1n) is 10.3. The first kappa shape index (κ1) is 20.9. The van der Waals surface area contributed by atoms with Gasteiger partial charge >= 0.3 is 0 Å². The summed E-state index contributed by atoms with van der Waals surface area (Å²) in [4.78, 5) is 15.9. The largest absolute Gasteiger partial charge is 0.493 e. The van der Waals surface area contributed by atoms with Crippen molar-refractivity contribution in [1.29, 1.82) is 0 Å². The van der Waals surface area contributed by atoms with Gasteiger partial charge in [-0.25, -0.2) is 0 Å². The molecule has 1 atom stereocenters. The summed E-state index contributed by atoms with van der Waals surface area (Å²) in [7, 11) is 0. The number of benzene rings is 1. The maximum Gasteiger partial charge on any atom is 0.233 e. The first-order chi connectivity index (χ1) is 14.7. The zero-order chi connectivity index (χ0) is 20.8. The molecule has 30 heavy (non-hydrogen) atoms. The van der Waals surface area contributed by atoms with Crippen molar-refractivity contribution in [2.45, 2.75) is 31.5 Å². The van der Waals surface area contributed by atoms with Gasteiger partial charge in [-0.2, -0.15) is 0 Å². The van der Waals surface area contributed by atoms with Gasteiger partial charge < -0.3 is 14.2 Å². The summed E-state index contributed by atoms with van der Waals surface area (Å²) >= 11 is 3.12. The fourth-order valence-electron chi connectivity index (χ4n) is 3.64. The lowest BCUT2D eigenvalue weighted by atomic mass is 9.99. The summed E-state index contributed by atoms with van der Waals surface area (Å²) in [6, 6.07) is 13.9. The van der Waals surface area contributed by atoms with Crippen LogP contribution < -0.4 is 4.74 Å². The summed E-state index contributed by atoms with van der Waals surface area (Å²) < 4.78 is 7.99. The summed E-state index contributed by atoms with van der Waals surface area (Å²) in [6.07, 6.45) is 2.12. The molecule has 0 bridgehead atoms. The number of thioether (sulfide) groups is 1. The molecule has 1 amide bonds. The number of thiophene rings is 1. The van der Waals surface area contributed by atoms with Crippen molar-refractivity contribution >= 4 is 29.0 Å². The summed E-state index contributed by atoms with van der Waals surface area (Å²) in [6.45, 7) is 5.08. The Balaban J connectivity index is 1.31. The van der Waals surface area contributed by atoms with E-state index in [1.807, 2.05) is 52.7 Å². The van der Waals surface area contributed by atoms with Gasteiger partial charge in [0.2, 0.25) is 5.91 Å². The quantitative estimate of drug-likeness (QED) is 0.483. The number of ether oxygens (including phenoxy) is 1. The third-order valence-corrected chi connectivity index (χ3v) is 7.02. The molecule has 3 heterocycles. The Bertz CT molecular complexity index is 943. The molecule has 8 heteroatoms. The third kappa shape index (κ3) is 5.05. The minimum absolute atomic E-state index is 0.160. The number of piperidine rings is 1.